The topological polar surface area (TPSA) is 12.5 Å². The van der Waals surface area contributed by atoms with Crippen LogP contribution in [0.2, 0.25) is 0 Å². The molecular formula is C9H7FO. The summed E-state index contributed by atoms with van der Waals surface area (Å²) in [4.78, 5) is 0. The minimum absolute atomic E-state index is 0.0710. The van der Waals surface area contributed by atoms with Gasteiger partial charge in [-0.1, -0.05) is 12.1 Å². The summed E-state index contributed by atoms with van der Waals surface area (Å²) in [5.41, 5.74) is 1.93. The third-order valence-corrected chi connectivity index (χ3v) is 2.45. The quantitative estimate of drug-likeness (QED) is 0.514. The second-order valence-corrected chi connectivity index (χ2v) is 3.11. The summed E-state index contributed by atoms with van der Waals surface area (Å²) in [6.45, 7) is 0. The second-order valence-electron chi connectivity index (χ2n) is 3.11. The molecule has 1 aliphatic carbocycles. The highest BCUT2D eigenvalue weighted by atomic mass is 19.1. The Labute approximate surface area is 63.8 Å². The number of ether oxygens (including phenoxy) is 1. The molecule has 0 radical (unpaired) electrons. The van der Waals surface area contributed by atoms with Crippen LogP contribution in [0.25, 0.3) is 0 Å². The van der Waals surface area contributed by atoms with E-state index in [4.69, 9.17) is 4.74 Å². The van der Waals surface area contributed by atoms with Crippen LogP contribution in [0, 0.1) is 5.82 Å². The molecule has 1 nitrogen and oxygen atoms in total. The van der Waals surface area contributed by atoms with Gasteiger partial charge in [-0.2, -0.15) is 0 Å². The van der Waals surface area contributed by atoms with Gasteiger partial charge in [0.15, 0.2) is 0 Å². The van der Waals surface area contributed by atoms with Gasteiger partial charge in [-0.15, -0.1) is 0 Å². The molecule has 1 aromatic rings. The lowest BCUT2D eigenvalue weighted by atomic mass is 10.1. The smallest absolute Gasteiger partial charge is 0.126 e. The lowest BCUT2D eigenvalue weighted by molar-refractivity contribution is 0.357. The fourth-order valence-corrected chi connectivity index (χ4v) is 1.83. The van der Waals surface area contributed by atoms with Gasteiger partial charge in [0.25, 0.3) is 0 Å². The van der Waals surface area contributed by atoms with E-state index in [1.165, 1.54) is 6.07 Å². The van der Waals surface area contributed by atoms with Crippen molar-refractivity contribution in [1.82, 2.24) is 0 Å². The Morgan fingerprint density at radius 3 is 3.18 bits per heavy atom. The number of benzene rings is 1. The van der Waals surface area contributed by atoms with E-state index >= 15 is 0 Å². The predicted molar refractivity (Wildman–Crippen MR) is 37.7 cm³/mol. The molecule has 1 aliphatic heterocycles. The molecule has 0 saturated carbocycles. The first-order valence-corrected chi connectivity index (χ1v) is 3.79. The average Bonchev–Trinajstić information content (AvgIpc) is 2.67. The van der Waals surface area contributed by atoms with Crippen molar-refractivity contribution < 1.29 is 9.13 Å². The number of hydrogen-bond acceptors (Lipinski definition) is 1. The zero-order chi connectivity index (χ0) is 7.42. The summed E-state index contributed by atoms with van der Waals surface area (Å²) in [5, 5.41) is 0. The van der Waals surface area contributed by atoms with Crippen LogP contribution < -0.4 is 0 Å². The predicted octanol–water partition coefficient (Wildman–Crippen LogP) is 1.82. The van der Waals surface area contributed by atoms with Crippen molar-refractivity contribution in [3.05, 3.63) is 35.1 Å². The highest BCUT2D eigenvalue weighted by Gasteiger charge is 2.47. The van der Waals surface area contributed by atoms with Crippen molar-refractivity contribution in [2.24, 2.45) is 0 Å². The first-order valence-electron chi connectivity index (χ1n) is 3.79. The standard InChI is InChI=1S/C9H7FO/c10-7-3-1-2-5-6(7)4-8-9(5)11-8/h1-3,8-9H,4H2/t8-,9+/m0/s1. The monoisotopic (exact) mass is 150 g/mol. The fraction of sp³-hybridized carbons (Fsp3) is 0.333. The van der Waals surface area contributed by atoms with E-state index in [2.05, 4.69) is 0 Å². The first-order chi connectivity index (χ1) is 5.36. The number of epoxide rings is 1. The molecule has 0 bridgehead atoms. The van der Waals surface area contributed by atoms with Gasteiger partial charge in [0.1, 0.15) is 11.9 Å². The molecule has 2 heteroatoms. The summed E-state index contributed by atoms with van der Waals surface area (Å²) in [5.74, 6) is -0.0710. The largest absolute Gasteiger partial charge is 0.364 e. The van der Waals surface area contributed by atoms with Crippen molar-refractivity contribution in [3.63, 3.8) is 0 Å². The number of rotatable bonds is 0. The first kappa shape index (κ1) is 5.72. The molecule has 0 spiro atoms. The van der Waals surface area contributed by atoms with E-state index in [1.54, 1.807) is 6.07 Å². The molecule has 0 amide bonds. The molecule has 2 aliphatic rings. The van der Waals surface area contributed by atoms with Gasteiger partial charge in [0.05, 0.1) is 6.10 Å². The fourth-order valence-electron chi connectivity index (χ4n) is 1.83. The Hall–Kier alpha value is -0.890. The summed E-state index contributed by atoms with van der Waals surface area (Å²) in [7, 11) is 0. The molecule has 0 aromatic heterocycles. The average molecular weight is 150 g/mol. The van der Waals surface area contributed by atoms with Gasteiger partial charge in [0.2, 0.25) is 0 Å². The van der Waals surface area contributed by atoms with E-state index in [-0.39, 0.29) is 11.9 Å². The van der Waals surface area contributed by atoms with E-state index in [0.717, 1.165) is 17.5 Å². The maximum atomic E-state index is 13.0. The van der Waals surface area contributed by atoms with Crippen molar-refractivity contribution in [3.8, 4) is 0 Å². The van der Waals surface area contributed by atoms with Crippen LogP contribution in [0.15, 0.2) is 18.2 Å². The molecule has 1 fully saturated rings. The molecule has 1 saturated heterocycles. The summed E-state index contributed by atoms with van der Waals surface area (Å²) in [6, 6.07) is 5.22. The third kappa shape index (κ3) is 0.627. The van der Waals surface area contributed by atoms with Crippen LogP contribution in [0.3, 0.4) is 0 Å². The van der Waals surface area contributed by atoms with Crippen LogP contribution in [0.1, 0.15) is 17.2 Å². The molecule has 0 N–H and O–H groups in total. The lowest BCUT2D eigenvalue weighted by Crippen LogP contribution is -1.92. The minimum Gasteiger partial charge on any atom is -0.364 e. The van der Waals surface area contributed by atoms with Crippen LogP contribution in [-0.4, -0.2) is 6.10 Å². The number of fused-ring (bicyclic) bond motifs is 3. The van der Waals surface area contributed by atoms with E-state index in [9.17, 15) is 4.39 Å². The molecule has 0 unspecified atom stereocenters. The molecule has 3 rings (SSSR count). The Morgan fingerprint density at radius 1 is 1.45 bits per heavy atom. The van der Waals surface area contributed by atoms with Gasteiger partial charge >= 0.3 is 0 Å². The maximum Gasteiger partial charge on any atom is 0.126 e. The van der Waals surface area contributed by atoms with Crippen LogP contribution >= 0.6 is 0 Å². The van der Waals surface area contributed by atoms with E-state index in [1.807, 2.05) is 6.07 Å². The lowest BCUT2D eigenvalue weighted by Gasteiger charge is -2.01. The Balaban J connectivity index is 2.24. The molecule has 1 heterocycles. The molecule has 56 valence electrons. The molecule has 2 atom stereocenters. The second kappa shape index (κ2) is 1.64. The molecular weight excluding hydrogens is 143 g/mol. The highest BCUT2D eigenvalue weighted by Crippen LogP contribution is 2.49. The summed E-state index contributed by atoms with van der Waals surface area (Å²) >= 11 is 0. The van der Waals surface area contributed by atoms with Crippen LogP contribution in [-0.2, 0) is 11.2 Å². The SMILES string of the molecule is Fc1cccc2c1C[C@@H]1O[C@H]21. The molecule has 1 aromatic carbocycles. The van der Waals surface area contributed by atoms with Gasteiger partial charge in [-0.25, -0.2) is 4.39 Å². The van der Waals surface area contributed by atoms with Crippen molar-refractivity contribution in [2.75, 3.05) is 0 Å². The normalized spacial score (nSPS) is 31.4. The Morgan fingerprint density at radius 2 is 2.36 bits per heavy atom. The Kier molecular flexibility index (Phi) is 0.853. The molecule has 11 heavy (non-hydrogen) atoms. The van der Waals surface area contributed by atoms with Gasteiger partial charge in [-0.3, -0.25) is 0 Å². The van der Waals surface area contributed by atoms with Gasteiger partial charge < -0.3 is 4.74 Å². The Bertz CT molecular complexity index is 321. The van der Waals surface area contributed by atoms with Crippen molar-refractivity contribution >= 4 is 0 Å². The zero-order valence-corrected chi connectivity index (χ0v) is 5.88. The van der Waals surface area contributed by atoms with Crippen molar-refractivity contribution in [1.29, 1.82) is 0 Å². The third-order valence-electron chi connectivity index (χ3n) is 2.45. The maximum absolute atomic E-state index is 13.0. The number of halogens is 1. The van der Waals surface area contributed by atoms with Crippen LogP contribution in [0.4, 0.5) is 4.39 Å². The van der Waals surface area contributed by atoms with Gasteiger partial charge in [0, 0.05) is 6.42 Å². The summed E-state index contributed by atoms with van der Waals surface area (Å²) in [6.07, 6.45) is 1.29. The van der Waals surface area contributed by atoms with E-state index < -0.39 is 0 Å². The highest BCUT2D eigenvalue weighted by molar-refractivity contribution is 5.39. The van der Waals surface area contributed by atoms with Crippen LogP contribution in [0.5, 0.6) is 0 Å². The zero-order valence-electron chi connectivity index (χ0n) is 5.88. The van der Waals surface area contributed by atoms with E-state index in [0.29, 0.717) is 6.10 Å². The van der Waals surface area contributed by atoms with Crippen molar-refractivity contribution in [2.45, 2.75) is 18.6 Å². The van der Waals surface area contributed by atoms with Gasteiger partial charge in [-0.05, 0) is 17.2 Å². The minimum atomic E-state index is -0.0710. The number of hydrogen-bond donors (Lipinski definition) is 0. The summed E-state index contributed by atoms with van der Waals surface area (Å²) < 4.78 is 18.3.